The van der Waals surface area contributed by atoms with E-state index in [1.165, 1.54) is 10.0 Å². The van der Waals surface area contributed by atoms with E-state index in [2.05, 4.69) is 13.2 Å². The van der Waals surface area contributed by atoms with Gasteiger partial charge >= 0.3 is 52.5 Å². The number of hydrogen-bond donors (Lipinski definition) is 2. The van der Waals surface area contributed by atoms with Crippen LogP contribution in [0, 0.1) is 0 Å². The summed E-state index contributed by atoms with van der Waals surface area (Å²) in [6, 6.07) is 0. The van der Waals surface area contributed by atoms with Gasteiger partial charge in [-0.15, -0.1) is 0 Å². The second kappa shape index (κ2) is 30.5. The average Bonchev–Trinajstić information content (AvgIpc) is 2.08. The molecule has 0 amide bonds. The molecule has 0 saturated heterocycles. The molecule has 0 aromatic carbocycles. The van der Waals surface area contributed by atoms with Crippen molar-refractivity contribution < 1.29 is 36.9 Å². The molecule has 0 aliphatic carbocycles. The summed E-state index contributed by atoms with van der Waals surface area (Å²) in [6.07, 6.45) is 4.03. The first kappa shape index (κ1) is 18.0. The molecule has 70 valence electrons. The summed E-state index contributed by atoms with van der Waals surface area (Å²) in [4.78, 5) is 16.5. The van der Waals surface area contributed by atoms with Crippen LogP contribution in [0.15, 0.2) is 25.3 Å². The Balaban J connectivity index is -0.000000140. The van der Waals surface area contributed by atoms with Crippen molar-refractivity contribution in [2.75, 3.05) is 0 Å². The second-order valence-corrected chi connectivity index (χ2v) is 5.60. The summed E-state index contributed by atoms with van der Waals surface area (Å²) in [5.74, 6) is 0. The zero-order chi connectivity index (χ0) is 10.9. The van der Waals surface area contributed by atoms with Gasteiger partial charge in [0, 0.05) is 0 Å². The zero-order valence-corrected chi connectivity index (χ0v) is 10.4. The third-order valence-electron chi connectivity index (χ3n) is 0.816. The van der Waals surface area contributed by atoms with E-state index >= 15 is 0 Å². The van der Waals surface area contributed by atoms with Gasteiger partial charge in [-0.05, 0) is 0 Å². The van der Waals surface area contributed by atoms with Gasteiger partial charge in [-0.3, -0.25) is 0 Å². The van der Waals surface area contributed by atoms with Gasteiger partial charge in [0.2, 0.25) is 0 Å². The van der Waals surface area contributed by atoms with E-state index in [4.69, 9.17) is 19.8 Å². The largest absolute Gasteiger partial charge is 0.665 e. The smallest absolute Gasteiger partial charge is 0.0744 e. The van der Waals surface area contributed by atoms with E-state index in [0.29, 0.717) is 12.9 Å². The topological polar surface area (TPSA) is 74.6 Å². The van der Waals surface area contributed by atoms with Gasteiger partial charge in [0.1, 0.15) is 0 Å². The van der Waals surface area contributed by atoms with Crippen molar-refractivity contribution in [3.05, 3.63) is 25.3 Å². The monoisotopic (exact) mass is 236 g/mol. The molecular formula is C8H12O4Zn. The quantitative estimate of drug-likeness (QED) is 0.336. The molecule has 0 saturated carbocycles. The van der Waals surface area contributed by atoms with Gasteiger partial charge in [-0.1, -0.05) is 12.9 Å². The molecule has 0 bridgehead atoms. The Morgan fingerprint density at radius 2 is 1.31 bits per heavy atom. The maximum absolute atomic E-state index is 8.24. The summed E-state index contributed by atoms with van der Waals surface area (Å²) in [5, 5.41) is 16.1. The summed E-state index contributed by atoms with van der Waals surface area (Å²) in [5.41, 5.74) is 0. The fraction of sp³-hybridized carbons (Fsp3) is 0.250. The van der Waals surface area contributed by atoms with Crippen molar-refractivity contribution in [2.24, 2.45) is 0 Å². The fourth-order valence-electron chi connectivity index (χ4n) is 0.407. The van der Waals surface area contributed by atoms with Crippen molar-refractivity contribution in [1.82, 2.24) is 0 Å². The van der Waals surface area contributed by atoms with Crippen LogP contribution in [0.2, 0.25) is 10.0 Å². The van der Waals surface area contributed by atoms with Crippen LogP contribution in [-0.2, 0) is 26.7 Å². The van der Waals surface area contributed by atoms with Gasteiger partial charge in [0.05, 0.1) is 0 Å². The Morgan fingerprint density at radius 1 is 1.08 bits per heavy atom. The number of aliphatic hydroxyl groups excluding tert-OH is 2. The third-order valence-corrected chi connectivity index (χ3v) is 4.24. The van der Waals surface area contributed by atoms with Crippen LogP contribution in [0.5, 0.6) is 0 Å². The summed E-state index contributed by atoms with van der Waals surface area (Å²) in [7, 11) is 0. The van der Waals surface area contributed by atoms with Crippen LogP contribution < -0.4 is 0 Å². The molecule has 0 fully saturated rings. The van der Waals surface area contributed by atoms with Crippen LogP contribution in [0.3, 0.4) is 0 Å². The molecule has 0 rings (SSSR count). The molecule has 0 unspecified atom stereocenters. The SMILES string of the molecule is C=C[CH2][Zn+2][CH2]C=C.O=[C-]O.O=[C-]O. The number of hydrogen-bond acceptors (Lipinski definition) is 2. The normalized spacial score (nSPS) is 6.46. The Bertz CT molecular complexity index is 111. The van der Waals surface area contributed by atoms with Gasteiger partial charge in [0.25, 0.3) is 0 Å². The molecule has 5 heteroatoms. The van der Waals surface area contributed by atoms with Gasteiger partial charge < -0.3 is 19.8 Å². The third kappa shape index (κ3) is 97.5. The molecule has 13 heavy (non-hydrogen) atoms. The molecule has 0 spiro atoms. The Morgan fingerprint density at radius 3 is 1.46 bits per heavy atom. The standard InChI is InChI=1S/2C3H5.2CHO2.Zn/c2*1-3-2;2*2-1-3;/h2*3H,1-2H2;2*(H,2,3);/q;;2*-1;+2. The van der Waals surface area contributed by atoms with E-state index in [1.807, 2.05) is 12.2 Å². The predicted molar refractivity (Wildman–Crippen MR) is 46.7 cm³/mol. The minimum Gasteiger partial charge on any atom is -0.665 e. The first-order chi connectivity index (χ1) is 6.24. The van der Waals surface area contributed by atoms with Crippen LogP contribution in [0.25, 0.3) is 0 Å². The maximum atomic E-state index is 8.24. The molecule has 0 aliphatic rings. The van der Waals surface area contributed by atoms with Gasteiger partial charge in [-0.25, -0.2) is 0 Å². The number of rotatable bonds is 4. The molecule has 0 aromatic heterocycles. The molecule has 0 radical (unpaired) electrons. The Labute approximate surface area is 85.6 Å². The minimum atomic E-state index is -0.184. The van der Waals surface area contributed by atoms with Crippen molar-refractivity contribution in [2.45, 2.75) is 10.0 Å². The molecule has 2 N–H and O–H groups in total. The average molecular weight is 238 g/mol. The Hall–Kier alpha value is -0.957. The Kier molecular flexibility index (Phi) is 42.1. The molecule has 0 aliphatic heterocycles. The van der Waals surface area contributed by atoms with Crippen molar-refractivity contribution in [3.63, 3.8) is 0 Å². The fourth-order valence-corrected chi connectivity index (χ4v) is 2.11. The van der Waals surface area contributed by atoms with Crippen LogP contribution in [0.4, 0.5) is 0 Å². The minimum absolute atomic E-state index is 0.184. The molecular weight excluding hydrogens is 225 g/mol. The van der Waals surface area contributed by atoms with E-state index in [9.17, 15) is 0 Å². The van der Waals surface area contributed by atoms with E-state index in [0.717, 1.165) is 0 Å². The van der Waals surface area contributed by atoms with Gasteiger partial charge in [-0.2, -0.15) is 0 Å². The van der Waals surface area contributed by atoms with E-state index in [-0.39, 0.29) is 17.1 Å². The molecule has 0 aromatic rings. The predicted octanol–water partition coefficient (Wildman–Crippen LogP) is 1.50. The zero-order valence-electron chi connectivity index (χ0n) is 7.40. The first-order valence-electron chi connectivity index (χ1n) is 3.49. The van der Waals surface area contributed by atoms with Crippen molar-refractivity contribution in [3.8, 4) is 0 Å². The maximum Gasteiger partial charge on any atom is -0.0744 e. The van der Waals surface area contributed by atoms with Crippen molar-refractivity contribution in [1.29, 1.82) is 0 Å². The van der Waals surface area contributed by atoms with E-state index in [1.54, 1.807) is 0 Å². The van der Waals surface area contributed by atoms with E-state index < -0.39 is 0 Å². The van der Waals surface area contributed by atoms with Gasteiger partial charge in [0.15, 0.2) is 0 Å². The molecule has 0 heterocycles. The number of allylic oxidation sites excluding steroid dienone is 2. The second-order valence-electron chi connectivity index (χ2n) is 1.69. The first-order valence-corrected chi connectivity index (χ1v) is 7.68. The summed E-state index contributed by atoms with van der Waals surface area (Å²) < 4.78 is 0. The van der Waals surface area contributed by atoms with Crippen LogP contribution in [0.1, 0.15) is 0 Å². The summed E-state index contributed by atoms with van der Waals surface area (Å²) in [6.45, 7) is 8.29. The molecule has 0 atom stereocenters. The van der Waals surface area contributed by atoms with Crippen LogP contribution >= 0.6 is 0 Å². The van der Waals surface area contributed by atoms with Crippen molar-refractivity contribution >= 4 is 12.9 Å². The molecule has 4 nitrogen and oxygen atoms in total. The van der Waals surface area contributed by atoms with Crippen LogP contribution in [-0.4, -0.2) is 23.2 Å². The summed E-state index contributed by atoms with van der Waals surface area (Å²) >= 11 is -0.184.